The highest BCUT2D eigenvalue weighted by Crippen LogP contribution is 2.46. The topological polar surface area (TPSA) is 38.5 Å². The molecule has 1 saturated heterocycles. The Morgan fingerprint density at radius 2 is 2.24 bits per heavy atom. The van der Waals surface area contributed by atoms with Crippen molar-refractivity contribution in [2.45, 2.75) is 57.2 Å². The molecule has 0 amide bonds. The molecule has 1 aromatic carbocycles. The van der Waals surface area contributed by atoms with Crippen LogP contribution in [0.3, 0.4) is 0 Å². The fraction of sp³-hybridized carbons (Fsp3) is 0.667. The Morgan fingerprint density at radius 1 is 1.38 bits per heavy atom. The fourth-order valence-corrected chi connectivity index (χ4v) is 4.69. The van der Waals surface area contributed by atoms with Crippen LogP contribution < -0.4 is 10.5 Å². The lowest BCUT2D eigenvalue weighted by molar-refractivity contribution is 0.124. The van der Waals surface area contributed by atoms with Crippen molar-refractivity contribution in [3.05, 3.63) is 29.3 Å². The van der Waals surface area contributed by atoms with Crippen LogP contribution in [0.2, 0.25) is 0 Å². The Bertz CT molecular complexity index is 554. The molecule has 3 nitrogen and oxygen atoms in total. The van der Waals surface area contributed by atoms with Crippen LogP contribution in [0.1, 0.15) is 50.3 Å². The third-order valence-corrected chi connectivity index (χ3v) is 5.56. The number of benzene rings is 1. The summed E-state index contributed by atoms with van der Waals surface area (Å²) in [6, 6.07) is 7.68. The molecule has 0 radical (unpaired) electrons. The maximum Gasteiger partial charge on any atom is 0.128 e. The Kier molecular flexibility index (Phi) is 3.05. The van der Waals surface area contributed by atoms with Crippen molar-refractivity contribution in [2.75, 3.05) is 13.1 Å². The van der Waals surface area contributed by atoms with Crippen LogP contribution in [0.5, 0.6) is 5.75 Å². The molecule has 2 aliphatic heterocycles. The lowest BCUT2D eigenvalue weighted by Crippen LogP contribution is -2.39. The first-order valence-electron chi connectivity index (χ1n) is 8.34. The number of hydrogen-bond acceptors (Lipinski definition) is 3. The maximum absolute atomic E-state index is 6.27. The summed E-state index contributed by atoms with van der Waals surface area (Å²) < 4.78 is 6.27. The molecule has 2 fully saturated rings. The van der Waals surface area contributed by atoms with Gasteiger partial charge >= 0.3 is 0 Å². The van der Waals surface area contributed by atoms with E-state index in [-0.39, 0.29) is 5.60 Å². The number of rotatable bonds is 3. The minimum atomic E-state index is -0.0817. The van der Waals surface area contributed by atoms with Crippen molar-refractivity contribution < 1.29 is 4.74 Å². The van der Waals surface area contributed by atoms with Gasteiger partial charge in [0.2, 0.25) is 0 Å². The number of nitrogens with two attached hydrogens (primary N) is 1. The lowest BCUT2D eigenvalue weighted by atomic mass is 9.96. The third-order valence-electron chi connectivity index (χ3n) is 5.56. The van der Waals surface area contributed by atoms with Gasteiger partial charge in [-0.05, 0) is 44.6 Å². The number of likely N-dealkylation sites (tertiary alicyclic amines) is 1. The van der Waals surface area contributed by atoms with Gasteiger partial charge in [-0.15, -0.1) is 0 Å². The summed E-state index contributed by atoms with van der Waals surface area (Å²) in [5.41, 5.74) is 8.76. The molecule has 2 N–H and O–H groups in total. The van der Waals surface area contributed by atoms with E-state index in [0.29, 0.717) is 12.6 Å². The molecule has 1 aromatic rings. The SMILES string of the molecule is CC1(C)Cc2cccc(C(CN)N3CC4CCC3C4)c2O1. The molecular formula is C18H26N2O. The van der Waals surface area contributed by atoms with Crippen LogP contribution in [-0.2, 0) is 6.42 Å². The maximum atomic E-state index is 6.27. The van der Waals surface area contributed by atoms with Crippen LogP contribution >= 0.6 is 0 Å². The second kappa shape index (κ2) is 4.72. The van der Waals surface area contributed by atoms with Crippen LogP contribution in [0.25, 0.3) is 0 Å². The first-order valence-corrected chi connectivity index (χ1v) is 8.34. The Labute approximate surface area is 127 Å². The molecule has 1 aliphatic carbocycles. The van der Waals surface area contributed by atoms with Crippen LogP contribution in [-0.4, -0.2) is 29.6 Å². The molecule has 4 rings (SSSR count). The Morgan fingerprint density at radius 3 is 2.90 bits per heavy atom. The molecule has 3 heteroatoms. The quantitative estimate of drug-likeness (QED) is 0.928. The number of nitrogens with zero attached hydrogens (tertiary/aromatic N) is 1. The minimum Gasteiger partial charge on any atom is -0.487 e. The van der Waals surface area contributed by atoms with E-state index in [1.54, 1.807) is 0 Å². The summed E-state index contributed by atoms with van der Waals surface area (Å²) >= 11 is 0. The summed E-state index contributed by atoms with van der Waals surface area (Å²) in [6.45, 7) is 6.25. The molecule has 0 aromatic heterocycles. The Hall–Kier alpha value is -1.06. The minimum absolute atomic E-state index is 0.0817. The van der Waals surface area contributed by atoms with Gasteiger partial charge in [0.15, 0.2) is 0 Å². The molecule has 0 spiro atoms. The van der Waals surface area contributed by atoms with Crippen molar-refractivity contribution in [2.24, 2.45) is 11.7 Å². The third kappa shape index (κ3) is 2.18. The standard InChI is InChI=1S/C18H26N2O/c1-18(2)9-13-4-3-5-15(17(13)21-18)16(10-19)20-11-12-6-7-14(20)8-12/h3-5,12,14,16H,6-11,19H2,1-2H3. The van der Waals surface area contributed by atoms with Gasteiger partial charge < -0.3 is 10.5 Å². The van der Waals surface area contributed by atoms with Gasteiger partial charge in [0.25, 0.3) is 0 Å². The van der Waals surface area contributed by atoms with E-state index in [9.17, 15) is 0 Å². The zero-order chi connectivity index (χ0) is 14.6. The first-order chi connectivity index (χ1) is 10.1. The highest BCUT2D eigenvalue weighted by atomic mass is 16.5. The molecule has 114 valence electrons. The summed E-state index contributed by atoms with van der Waals surface area (Å²) in [6.07, 6.45) is 5.13. The van der Waals surface area contributed by atoms with Crippen LogP contribution in [0, 0.1) is 5.92 Å². The number of piperidine rings is 1. The van der Waals surface area contributed by atoms with E-state index in [1.807, 2.05) is 0 Å². The molecular weight excluding hydrogens is 260 g/mol. The van der Waals surface area contributed by atoms with E-state index in [2.05, 4.69) is 36.9 Å². The normalized spacial score (nSPS) is 31.2. The van der Waals surface area contributed by atoms with Crippen molar-refractivity contribution >= 4 is 0 Å². The monoisotopic (exact) mass is 286 g/mol. The van der Waals surface area contributed by atoms with Crippen molar-refractivity contribution in [1.29, 1.82) is 0 Å². The summed E-state index contributed by atoms with van der Waals surface area (Å²) in [5.74, 6) is 2.01. The van der Waals surface area contributed by atoms with Gasteiger partial charge in [0.05, 0.1) is 6.04 Å². The largest absolute Gasteiger partial charge is 0.487 e. The number of ether oxygens (including phenoxy) is 1. The number of fused-ring (bicyclic) bond motifs is 3. The number of hydrogen-bond donors (Lipinski definition) is 1. The highest BCUT2D eigenvalue weighted by molar-refractivity contribution is 5.47. The van der Waals surface area contributed by atoms with Gasteiger partial charge in [-0.25, -0.2) is 0 Å². The molecule has 2 bridgehead atoms. The average Bonchev–Trinajstić information content (AvgIpc) is 3.11. The lowest BCUT2D eigenvalue weighted by Gasteiger charge is -2.35. The zero-order valence-corrected chi connectivity index (χ0v) is 13.1. The smallest absolute Gasteiger partial charge is 0.128 e. The van der Waals surface area contributed by atoms with Gasteiger partial charge in [0, 0.05) is 31.1 Å². The predicted molar refractivity (Wildman–Crippen MR) is 84.5 cm³/mol. The van der Waals surface area contributed by atoms with E-state index < -0.39 is 0 Å². The second-order valence-corrected chi connectivity index (χ2v) is 7.66. The van der Waals surface area contributed by atoms with Gasteiger partial charge in [0.1, 0.15) is 11.4 Å². The van der Waals surface area contributed by atoms with Crippen molar-refractivity contribution in [1.82, 2.24) is 4.90 Å². The fourth-order valence-electron chi connectivity index (χ4n) is 4.69. The van der Waals surface area contributed by atoms with Gasteiger partial charge in [-0.1, -0.05) is 18.2 Å². The molecule has 2 heterocycles. The van der Waals surface area contributed by atoms with E-state index in [4.69, 9.17) is 10.5 Å². The molecule has 1 saturated carbocycles. The molecule has 3 aliphatic rings. The van der Waals surface area contributed by atoms with Crippen molar-refractivity contribution in [3.8, 4) is 5.75 Å². The summed E-state index contributed by atoms with van der Waals surface area (Å²) in [5, 5.41) is 0. The van der Waals surface area contributed by atoms with Gasteiger partial charge in [-0.3, -0.25) is 4.90 Å². The predicted octanol–water partition coefficient (Wildman–Crippen LogP) is 2.88. The Balaban J connectivity index is 1.68. The van der Waals surface area contributed by atoms with E-state index in [0.717, 1.165) is 24.1 Å². The number of para-hydroxylation sites is 1. The van der Waals surface area contributed by atoms with Crippen molar-refractivity contribution in [3.63, 3.8) is 0 Å². The van der Waals surface area contributed by atoms with Gasteiger partial charge in [-0.2, -0.15) is 0 Å². The zero-order valence-electron chi connectivity index (χ0n) is 13.1. The first kappa shape index (κ1) is 13.6. The average molecular weight is 286 g/mol. The summed E-state index contributed by atoms with van der Waals surface area (Å²) in [7, 11) is 0. The molecule has 21 heavy (non-hydrogen) atoms. The molecule has 3 atom stereocenters. The van der Waals surface area contributed by atoms with E-state index >= 15 is 0 Å². The van der Waals surface area contributed by atoms with Crippen LogP contribution in [0.4, 0.5) is 0 Å². The second-order valence-electron chi connectivity index (χ2n) is 7.66. The van der Waals surface area contributed by atoms with Crippen LogP contribution in [0.15, 0.2) is 18.2 Å². The summed E-state index contributed by atoms with van der Waals surface area (Å²) in [4.78, 5) is 2.65. The highest BCUT2D eigenvalue weighted by Gasteiger charge is 2.42. The molecule has 3 unspecified atom stereocenters. The van der Waals surface area contributed by atoms with E-state index in [1.165, 1.54) is 36.9 Å².